The maximum Gasteiger partial charge on any atom is 0.332 e. The van der Waals surface area contributed by atoms with Gasteiger partial charge in [-0.3, -0.25) is 18.8 Å². The number of fused-ring (bicyclic) bond motifs is 1. The third kappa shape index (κ3) is 3.03. The predicted octanol–water partition coefficient (Wildman–Crippen LogP) is 0.776. The summed E-state index contributed by atoms with van der Waals surface area (Å²) in [5.74, 6) is 0.837. The lowest BCUT2D eigenvalue weighted by Crippen LogP contribution is -2.46. The molecule has 28 heavy (non-hydrogen) atoms. The molecule has 0 aliphatic carbocycles. The lowest BCUT2D eigenvalue weighted by atomic mass is 10.2. The predicted molar refractivity (Wildman–Crippen MR) is 110 cm³/mol. The first-order chi connectivity index (χ1) is 13.5. The molecule has 8 heteroatoms. The zero-order chi connectivity index (χ0) is 19.8. The molecule has 0 amide bonds. The first-order valence-corrected chi connectivity index (χ1v) is 9.68. The fourth-order valence-electron chi connectivity index (χ4n) is 3.96. The van der Waals surface area contributed by atoms with Crippen molar-refractivity contribution in [1.82, 2.24) is 23.6 Å². The van der Waals surface area contributed by atoms with E-state index in [0.29, 0.717) is 24.3 Å². The SMILES string of the molecule is CCn1c(CN2CCN(c3ccccc3)CC2)nc2c1c(=O)n(C)c(=O)n2C. The van der Waals surface area contributed by atoms with Crippen molar-refractivity contribution in [3.05, 3.63) is 57.0 Å². The molecule has 0 unspecified atom stereocenters. The van der Waals surface area contributed by atoms with Gasteiger partial charge in [-0.1, -0.05) is 18.2 Å². The van der Waals surface area contributed by atoms with Gasteiger partial charge in [-0.25, -0.2) is 9.78 Å². The van der Waals surface area contributed by atoms with E-state index in [2.05, 4.69) is 39.0 Å². The summed E-state index contributed by atoms with van der Waals surface area (Å²) in [6.07, 6.45) is 0. The number of hydrogen-bond acceptors (Lipinski definition) is 5. The van der Waals surface area contributed by atoms with E-state index in [1.54, 1.807) is 7.05 Å². The van der Waals surface area contributed by atoms with Crippen molar-refractivity contribution < 1.29 is 0 Å². The second-order valence-electron chi connectivity index (χ2n) is 7.25. The number of rotatable bonds is 4. The van der Waals surface area contributed by atoms with Crippen molar-refractivity contribution in [3.8, 4) is 0 Å². The van der Waals surface area contributed by atoms with Crippen LogP contribution in [0.3, 0.4) is 0 Å². The molecule has 0 saturated carbocycles. The summed E-state index contributed by atoms with van der Waals surface area (Å²) in [5.41, 5.74) is 1.59. The van der Waals surface area contributed by atoms with Gasteiger partial charge >= 0.3 is 5.69 Å². The van der Waals surface area contributed by atoms with Gasteiger partial charge in [0.25, 0.3) is 5.56 Å². The quantitative estimate of drug-likeness (QED) is 0.667. The first kappa shape index (κ1) is 18.5. The number of hydrogen-bond donors (Lipinski definition) is 0. The number of aryl methyl sites for hydroxylation is 2. The Bertz CT molecular complexity index is 1100. The van der Waals surface area contributed by atoms with Crippen molar-refractivity contribution in [2.45, 2.75) is 20.0 Å². The van der Waals surface area contributed by atoms with Gasteiger partial charge in [0.1, 0.15) is 5.82 Å². The van der Waals surface area contributed by atoms with Crippen LogP contribution < -0.4 is 16.1 Å². The van der Waals surface area contributed by atoms with Crippen molar-refractivity contribution in [2.24, 2.45) is 14.1 Å². The van der Waals surface area contributed by atoms with Crippen LogP contribution in [0.1, 0.15) is 12.7 Å². The Kier molecular flexibility index (Phi) is 4.80. The van der Waals surface area contributed by atoms with Crippen molar-refractivity contribution in [3.63, 3.8) is 0 Å². The monoisotopic (exact) mass is 382 g/mol. The number of aromatic nitrogens is 4. The standard InChI is InChI=1S/C20H26N6O2/c1-4-26-16(21-18-17(26)19(27)23(3)20(28)22(18)2)14-24-10-12-25(13-11-24)15-8-6-5-7-9-15/h5-9H,4,10-14H2,1-3H3. The smallest absolute Gasteiger partial charge is 0.332 e. The van der Waals surface area contributed by atoms with Gasteiger partial charge < -0.3 is 9.47 Å². The lowest BCUT2D eigenvalue weighted by Gasteiger charge is -2.35. The van der Waals surface area contributed by atoms with Crippen LogP contribution in [0.15, 0.2) is 39.9 Å². The first-order valence-electron chi connectivity index (χ1n) is 9.68. The molecule has 148 valence electrons. The molecule has 0 spiro atoms. The summed E-state index contributed by atoms with van der Waals surface area (Å²) in [6.45, 7) is 7.08. The highest BCUT2D eigenvalue weighted by molar-refractivity contribution is 5.71. The van der Waals surface area contributed by atoms with Gasteiger partial charge in [-0.05, 0) is 19.1 Å². The number of imidazole rings is 1. The molecule has 1 aromatic carbocycles. The third-order valence-corrected chi connectivity index (χ3v) is 5.60. The summed E-state index contributed by atoms with van der Waals surface area (Å²) in [5, 5.41) is 0. The Morgan fingerprint density at radius 2 is 1.64 bits per heavy atom. The van der Waals surface area contributed by atoms with E-state index in [-0.39, 0.29) is 11.2 Å². The Hall–Kier alpha value is -2.87. The molecule has 8 nitrogen and oxygen atoms in total. The minimum absolute atomic E-state index is 0.285. The number of piperazine rings is 1. The minimum Gasteiger partial charge on any atom is -0.369 e. The number of anilines is 1. The third-order valence-electron chi connectivity index (χ3n) is 5.60. The highest BCUT2D eigenvalue weighted by Gasteiger charge is 2.22. The van der Waals surface area contributed by atoms with E-state index in [4.69, 9.17) is 0 Å². The molecule has 0 radical (unpaired) electrons. The maximum atomic E-state index is 12.7. The average molecular weight is 382 g/mol. The minimum atomic E-state index is -0.346. The van der Waals surface area contributed by atoms with E-state index in [9.17, 15) is 9.59 Å². The highest BCUT2D eigenvalue weighted by Crippen LogP contribution is 2.18. The summed E-state index contributed by atoms with van der Waals surface area (Å²) >= 11 is 0. The summed E-state index contributed by atoms with van der Waals surface area (Å²) < 4.78 is 4.55. The van der Waals surface area contributed by atoms with Crippen LogP contribution in [0.4, 0.5) is 5.69 Å². The van der Waals surface area contributed by atoms with E-state index in [1.807, 2.05) is 17.6 Å². The van der Waals surface area contributed by atoms with E-state index < -0.39 is 0 Å². The molecule has 1 fully saturated rings. The molecule has 2 aromatic heterocycles. The maximum absolute atomic E-state index is 12.7. The van der Waals surface area contributed by atoms with Gasteiger partial charge in [0.05, 0.1) is 6.54 Å². The molecular weight excluding hydrogens is 356 g/mol. The molecule has 1 saturated heterocycles. The molecule has 1 aliphatic heterocycles. The molecule has 3 heterocycles. The van der Waals surface area contributed by atoms with Crippen LogP contribution in [0, 0.1) is 0 Å². The largest absolute Gasteiger partial charge is 0.369 e. The van der Waals surface area contributed by atoms with Crippen molar-refractivity contribution in [1.29, 1.82) is 0 Å². The number of benzene rings is 1. The average Bonchev–Trinajstić information content (AvgIpc) is 3.10. The van der Waals surface area contributed by atoms with Crippen LogP contribution in [0.5, 0.6) is 0 Å². The van der Waals surface area contributed by atoms with Gasteiger partial charge in [0, 0.05) is 52.5 Å². The van der Waals surface area contributed by atoms with E-state index >= 15 is 0 Å². The summed E-state index contributed by atoms with van der Waals surface area (Å²) in [4.78, 5) is 34.3. The van der Waals surface area contributed by atoms with Gasteiger partial charge in [-0.15, -0.1) is 0 Å². The molecule has 1 aliphatic rings. The topological polar surface area (TPSA) is 68.3 Å². The van der Waals surface area contributed by atoms with Crippen LogP contribution in [-0.4, -0.2) is 49.8 Å². The van der Waals surface area contributed by atoms with Gasteiger partial charge in [-0.2, -0.15) is 0 Å². The summed E-state index contributed by atoms with van der Waals surface area (Å²) in [7, 11) is 3.18. The molecule has 0 bridgehead atoms. The van der Waals surface area contributed by atoms with Crippen molar-refractivity contribution >= 4 is 16.9 Å². The Balaban J connectivity index is 1.59. The fourth-order valence-corrected chi connectivity index (χ4v) is 3.96. The second-order valence-corrected chi connectivity index (χ2v) is 7.25. The molecule has 0 N–H and O–H groups in total. The molecular formula is C20H26N6O2. The Morgan fingerprint density at radius 1 is 0.964 bits per heavy atom. The molecule has 4 rings (SSSR count). The normalized spacial score (nSPS) is 15.5. The highest BCUT2D eigenvalue weighted by atomic mass is 16.2. The van der Waals surface area contributed by atoms with Crippen LogP contribution >= 0.6 is 0 Å². The van der Waals surface area contributed by atoms with Crippen LogP contribution in [-0.2, 0) is 27.2 Å². The number of para-hydroxylation sites is 1. The van der Waals surface area contributed by atoms with E-state index in [1.165, 1.54) is 17.3 Å². The molecule has 0 atom stereocenters. The van der Waals surface area contributed by atoms with Crippen LogP contribution in [0.2, 0.25) is 0 Å². The van der Waals surface area contributed by atoms with Crippen LogP contribution in [0.25, 0.3) is 11.2 Å². The van der Waals surface area contributed by atoms with E-state index in [0.717, 1.165) is 36.6 Å². The van der Waals surface area contributed by atoms with Gasteiger partial charge in [0.2, 0.25) is 0 Å². The molecule has 3 aromatic rings. The lowest BCUT2D eigenvalue weighted by molar-refractivity contribution is 0.241. The second kappa shape index (κ2) is 7.27. The number of nitrogens with zero attached hydrogens (tertiary/aromatic N) is 6. The Morgan fingerprint density at radius 3 is 2.29 bits per heavy atom. The zero-order valence-corrected chi connectivity index (χ0v) is 16.6. The zero-order valence-electron chi connectivity index (χ0n) is 16.6. The van der Waals surface area contributed by atoms with Crippen molar-refractivity contribution in [2.75, 3.05) is 31.1 Å². The summed E-state index contributed by atoms with van der Waals surface area (Å²) in [6, 6.07) is 10.4. The van der Waals surface area contributed by atoms with Gasteiger partial charge in [0.15, 0.2) is 11.2 Å². The Labute approximate surface area is 163 Å². The fraction of sp³-hybridized carbons (Fsp3) is 0.450.